The molecular weight excluding hydrogens is 230 g/mol. The van der Waals surface area contributed by atoms with Crippen LogP contribution < -0.4 is 9.47 Å². The highest BCUT2D eigenvalue weighted by Crippen LogP contribution is 2.34. The Hall–Kier alpha value is -2.31. The van der Waals surface area contributed by atoms with Crippen molar-refractivity contribution in [2.45, 2.75) is 0 Å². The van der Waals surface area contributed by atoms with Crippen molar-refractivity contribution in [2.24, 2.45) is 0 Å². The lowest BCUT2D eigenvalue weighted by molar-refractivity contribution is -0.385. The maximum Gasteiger partial charge on any atom is 0.345 e. The zero-order valence-electron chi connectivity index (χ0n) is 9.55. The van der Waals surface area contributed by atoms with Crippen LogP contribution in [0.3, 0.4) is 0 Å². The first-order valence-corrected chi connectivity index (χ1v) is 4.53. The van der Waals surface area contributed by atoms with Crippen LogP contribution in [0.15, 0.2) is 12.1 Å². The van der Waals surface area contributed by atoms with E-state index in [1.165, 1.54) is 20.3 Å². The Morgan fingerprint density at radius 3 is 2.12 bits per heavy atom. The van der Waals surface area contributed by atoms with E-state index in [4.69, 9.17) is 9.47 Å². The third-order valence-electron chi connectivity index (χ3n) is 2.10. The van der Waals surface area contributed by atoms with Crippen LogP contribution in [0.25, 0.3) is 0 Å². The molecule has 0 atom stereocenters. The number of hydrogen-bond acceptors (Lipinski definition) is 6. The Kier molecular flexibility index (Phi) is 3.86. The van der Waals surface area contributed by atoms with Crippen LogP contribution >= 0.6 is 0 Å². The second-order valence-corrected chi connectivity index (χ2v) is 2.97. The molecule has 0 unspecified atom stereocenters. The molecule has 0 aliphatic heterocycles. The molecule has 7 nitrogen and oxygen atoms in total. The fraction of sp³-hybridized carbons (Fsp3) is 0.300. The molecule has 0 bridgehead atoms. The highest BCUT2D eigenvalue weighted by atomic mass is 16.6. The molecule has 0 heterocycles. The molecule has 0 aliphatic carbocycles. The van der Waals surface area contributed by atoms with Gasteiger partial charge >= 0.3 is 5.97 Å². The van der Waals surface area contributed by atoms with Gasteiger partial charge in [-0.2, -0.15) is 0 Å². The molecule has 0 radical (unpaired) electrons. The van der Waals surface area contributed by atoms with E-state index in [-0.39, 0.29) is 17.1 Å². The normalized spacial score (nSPS) is 9.59. The van der Waals surface area contributed by atoms with Gasteiger partial charge < -0.3 is 14.2 Å². The van der Waals surface area contributed by atoms with E-state index < -0.39 is 16.6 Å². The molecule has 0 saturated heterocycles. The van der Waals surface area contributed by atoms with Gasteiger partial charge in [-0.05, 0) is 0 Å². The highest BCUT2D eigenvalue weighted by Gasteiger charge is 2.24. The van der Waals surface area contributed by atoms with Gasteiger partial charge in [0.2, 0.25) is 0 Å². The molecule has 0 N–H and O–H groups in total. The summed E-state index contributed by atoms with van der Waals surface area (Å²) >= 11 is 0. The number of rotatable bonds is 4. The summed E-state index contributed by atoms with van der Waals surface area (Å²) in [5.74, 6) is -0.414. The van der Waals surface area contributed by atoms with Crippen molar-refractivity contribution in [3.05, 3.63) is 27.8 Å². The van der Waals surface area contributed by atoms with Gasteiger partial charge in [-0.3, -0.25) is 10.1 Å². The van der Waals surface area contributed by atoms with Crippen molar-refractivity contribution < 1.29 is 23.9 Å². The summed E-state index contributed by atoms with van der Waals surface area (Å²) in [6.45, 7) is 0. The summed E-state index contributed by atoms with van der Waals surface area (Å²) in [6, 6.07) is 2.33. The monoisotopic (exact) mass is 241 g/mol. The molecule has 92 valence electrons. The number of nitrogens with zero attached hydrogens (tertiary/aromatic N) is 1. The molecule has 1 aromatic rings. The Labute approximate surface area is 97.0 Å². The van der Waals surface area contributed by atoms with Gasteiger partial charge in [0.05, 0.1) is 32.3 Å². The summed E-state index contributed by atoms with van der Waals surface area (Å²) in [5, 5.41) is 10.8. The number of nitro groups is 1. The summed E-state index contributed by atoms with van der Waals surface area (Å²) in [6.07, 6.45) is 0. The highest BCUT2D eigenvalue weighted by molar-refractivity contribution is 5.94. The summed E-state index contributed by atoms with van der Waals surface area (Å²) < 4.78 is 14.3. The van der Waals surface area contributed by atoms with E-state index in [1.807, 2.05) is 0 Å². The van der Waals surface area contributed by atoms with Gasteiger partial charge in [0.1, 0.15) is 5.56 Å². The van der Waals surface area contributed by atoms with Crippen LogP contribution in [0.4, 0.5) is 5.69 Å². The Morgan fingerprint density at radius 1 is 1.18 bits per heavy atom. The molecular formula is C10H11NO6. The van der Waals surface area contributed by atoms with E-state index in [1.54, 1.807) is 0 Å². The van der Waals surface area contributed by atoms with E-state index in [0.717, 1.165) is 13.2 Å². The first kappa shape index (κ1) is 12.8. The van der Waals surface area contributed by atoms with Crippen molar-refractivity contribution in [3.63, 3.8) is 0 Å². The quantitative estimate of drug-likeness (QED) is 0.449. The summed E-state index contributed by atoms with van der Waals surface area (Å²) in [7, 11) is 3.85. The third kappa shape index (κ3) is 2.44. The number of esters is 1. The number of ether oxygens (including phenoxy) is 3. The van der Waals surface area contributed by atoms with E-state index in [9.17, 15) is 14.9 Å². The molecule has 7 heteroatoms. The van der Waals surface area contributed by atoms with Gasteiger partial charge in [-0.15, -0.1) is 0 Å². The summed E-state index contributed by atoms with van der Waals surface area (Å²) in [5.41, 5.74) is -0.579. The summed E-state index contributed by atoms with van der Waals surface area (Å²) in [4.78, 5) is 21.5. The van der Waals surface area contributed by atoms with Crippen molar-refractivity contribution in [3.8, 4) is 11.5 Å². The van der Waals surface area contributed by atoms with Crippen molar-refractivity contribution >= 4 is 11.7 Å². The Bertz CT molecular complexity index is 456. The van der Waals surface area contributed by atoms with Gasteiger partial charge in [-0.1, -0.05) is 0 Å². The van der Waals surface area contributed by atoms with Gasteiger partial charge in [-0.25, -0.2) is 4.79 Å². The molecule has 0 aromatic heterocycles. The first-order chi connectivity index (χ1) is 8.04. The molecule has 17 heavy (non-hydrogen) atoms. The Balaban J connectivity index is 3.45. The lowest BCUT2D eigenvalue weighted by Gasteiger charge is -2.09. The number of carbonyl (C=O) groups excluding carboxylic acids is 1. The molecule has 0 spiro atoms. The lowest BCUT2D eigenvalue weighted by atomic mass is 10.1. The fourth-order valence-electron chi connectivity index (χ4n) is 1.29. The minimum atomic E-state index is -0.808. The van der Waals surface area contributed by atoms with Crippen LogP contribution in [0.1, 0.15) is 10.4 Å². The lowest BCUT2D eigenvalue weighted by Crippen LogP contribution is -2.07. The van der Waals surface area contributed by atoms with Gasteiger partial charge in [0.15, 0.2) is 11.5 Å². The SMILES string of the molecule is COC(=O)c1cc(OC)c(OC)cc1[N+](=O)[O-]. The minimum Gasteiger partial charge on any atom is -0.493 e. The number of methoxy groups -OCH3 is 3. The van der Waals surface area contributed by atoms with E-state index >= 15 is 0 Å². The van der Waals surface area contributed by atoms with Crippen LogP contribution in [0.2, 0.25) is 0 Å². The fourth-order valence-corrected chi connectivity index (χ4v) is 1.29. The van der Waals surface area contributed by atoms with Crippen LogP contribution in [0.5, 0.6) is 11.5 Å². The van der Waals surface area contributed by atoms with Crippen molar-refractivity contribution in [1.82, 2.24) is 0 Å². The molecule has 0 aliphatic rings. The zero-order chi connectivity index (χ0) is 13.0. The topological polar surface area (TPSA) is 87.9 Å². The second kappa shape index (κ2) is 5.15. The second-order valence-electron chi connectivity index (χ2n) is 2.97. The number of nitro benzene ring substituents is 1. The molecule has 1 rings (SSSR count). The predicted molar refractivity (Wildman–Crippen MR) is 57.5 cm³/mol. The van der Waals surface area contributed by atoms with Crippen molar-refractivity contribution in [2.75, 3.05) is 21.3 Å². The van der Waals surface area contributed by atoms with Gasteiger partial charge in [0.25, 0.3) is 5.69 Å². The van der Waals surface area contributed by atoms with Crippen LogP contribution in [0, 0.1) is 10.1 Å². The smallest absolute Gasteiger partial charge is 0.345 e. The zero-order valence-corrected chi connectivity index (χ0v) is 9.55. The maximum atomic E-state index is 11.4. The first-order valence-electron chi connectivity index (χ1n) is 4.53. The van der Waals surface area contributed by atoms with Gasteiger partial charge in [0, 0.05) is 6.07 Å². The third-order valence-corrected chi connectivity index (χ3v) is 2.10. The molecule has 0 saturated carbocycles. The van der Waals surface area contributed by atoms with Crippen LogP contribution in [-0.2, 0) is 4.74 Å². The number of benzene rings is 1. The number of hydrogen-bond donors (Lipinski definition) is 0. The Morgan fingerprint density at radius 2 is 1.71 bits per heavy atom. The predicted octanol–water partition coefficient (Wildman–Crippen LogP) is 1.40. The maximum absolute atomic E-state index is 11.4. The largest absolute Gasteiger partial charge is 0.493 e. The average molecular weight is 241 g/mol. The number of carbonyl (C=O) groups is 1. The van der Waals surface area contributed by atoms with Crippen LogP contribution in [-0.4, -0.2) is 32.2 Å². The average Bonchev–Trinajstić information content (AvgIpc) is 2.35. The van der Waals surface area contributed by atoms with E-state index in [0.29, 0.717) is 0 Å². The molecule has 1 aromatic carbocycles. The molecule has 0 fully saturated rings. The minimum absolute atomic E-state index is 0.173. The standard InChI is InChI=1S/C10H11NO6/c1-15-8-4-6(10(12)17-3)7(11(13)14)5-9(8)16-2/h4-5H,1-3H3. The van der Waals surface area contributed by atoms with Crippen molar-refractivity contribution in [1.29, 1.82) is 0 Å². The molecule has 0 amide bonds. The van der Waals surface area contributed by atoms with E-state index in [2.05, 4.69) is 4.74 Å².